The topological polar surface area (TPSA) is 0 Å². The molecule has 0 N–H and O–H groups in total. The Bertz CT molecular complexity index is 731. The number of aryl methyl sites for hydroxylation is 2. The fraction of sp³-hybridized carbons (Fsp3) is 0.385. The van der Waals surface area contributed by atoms with Gasteiger partial charge in [-0.2, -0.15) is 34.9 Å². The molecule has 2 aliphatic rings. The molecular weight excluding hydrogens is 474 g/mol. The Hall–Kier alpha value is -0.617. The van der Waals surface area contributed by atoms with Crippen LogP contribution in [-0.4, -0.2) is 3.21 Å². The smallest absolute Gasteiger partial charge is 0.0512 e. The minimum atomic E-state index is 0. The van der Waals surface area contributed by atoms with Crippen molar-refractivity contribution in [2.75, 3.05) is 0 Å². The summed E-state index contributed by atoms with van der Waals surface area (Å²) < 4.78 is 1.46. The number of benzene rings is 1. The summed E-state index contributed by atoms with van der Waals surface area (Å²) in [5.41, 5.74) is 7.52. The van der Waals surface area contributed by atoms with E-state index in [1.807, 2.05) is 6.07 Å². The standard InChI is InChI=1S/C9H11.C9H13.C8H8.2ClH.Zr/c1-2-5-9-7-3-6-8(9)4-1;1-3-8-6-5-7-9(8)4-2;1-2-8-6-4-3-5-7-8;;;/h3,6-7H,1-2,4-5H2;6H,3-5H2,1-2H3;3-7H,1H3;2*1H;/q2*-1;;;;+2/p-2. The number of rotatable bonds is 3. The summed E-state index contributed by atoms with van der Waals surface area (Å²) in [6, 6.07) is 17.2. The van der Waals surface area contributed by atoms with Gasteiger partial charge in [-0.05, 0) is 0 Å². The Balaban J connectivity index is 0.000000392. The van der Waals surface area contributed by atoms with Gasteiger partial charge >= 0.3 is 70.3 Å². The van der Waals surface area contributed by atoms with Crippen LogP contribution in [0.4, 0.5) is 0 Å². The van der Waals surface area contributed by atoms with E-state index in [1.54, 1.807) is 11.1 Å². The second kappa shape index (κ2) is 16.1. The summed E-state index contributed by atoms with van der Waals surface area (Å²) >= 11 is 1.51. The van der Waals surface area contributed by atoms with Gasteiger partial charge in [0.2, 0.25) is 0 Å². The Morgan fingerprint density at radius 3 is 2.21 bits per heavy atom. The fourth-order valence-electron chi connectivity index (χ4n) is 3.55. The molecule has 0 saturated carbocycles. The summed E-state index contributed by atoms with van der Waals surface area (Å²) in [6.07, 6.45) is 14.4. The van der Waals surface area contributed by atoms with Crippen LogP contribution in [0.15, 0.2) is 65.8 Å². The first-order valence-electron chi connectivity index (χ1n) is 10.3. The molecule has 3 heteroatoms. The van der Waals surface area contributed by atoms with E-state index in [-0.39, 0.29) is 24.8 Å². The summed E-state index contributed by atoms with van der Waals surface area (Å²) in [6.45, 7) is 6.55. The molecule has 0 aliphatic heterocycles. The van der Waals surface area contributed by atoms with E-state index in [1.165, 1.54) is 76.3 Å². The molecule has 29 heavy (non-hydrogen) atoms. The summed E-state index contributed by atoms with van der Waals surface area (Å²) in [5.74, 6) is 0. The Morgan fingerprint density at radius 2 is 1.69 bits per heavy atom. The minimum Gasteiger partial charge on any atom is -1.00 e. The SMILES string of the molecule is CCC1=[C-]CC=C1CC.C[C](=[Zr+2])c1ccccc1.[Cl-].[Cl-].c1cc2c([cH-]1)CCCC2. The molecule has 2 aliphatic carbocycles. The van der Waals surface area contributed by atoms with Crippen molar-refractivity contribution < 1.29 is 49.0 Å². The van der Waals surface area contributed by atoms with Crippen LogP contribution in [-0.2, 0) is 37.1 Å². The predicted octanol–water partition coefficient (Wildman–Crippen LogP) is 0.932. The van der Waals surface area contributed by atoms with Crippen LogP contribution in [0.3, 0.4) is 0 Å². The molecule has 0 saturated heterocycles. The second-order valence-corrected chi connectivity index (χ2v) is 8.91. The van der Waals surface area contributed by atoms with E-state index in [0.717, 1.165) is 12.8 Å². The third kappa shape index (κ3) is 9.82. The van der Waals surface area contributed by atoms with Gasteiger partial charge in [0.25, 0.3) is 0 Å². The molecule has 0 spiro atoms. The molecule has 0 bridgehead atoms. The average molecular weight is 507 g/mol. The molecule has 2 aromatic rings. The normalized spacial score (nSPS) is 13.7. The van der Waals surface area contributed by atoms with Crippen LogP contribution in [0.25, 0.3) is 0 Å². The van der Waals surface area contributed by atoms with Gasteiger partial charge in [0, 0.05) is 0 Å². The van der Waals surface area contributed by atoms with E-state index in [0.29, 0.717) is 0 Å². The molecule has 4 rings (SSSR count). The van der Waals surface area contributed by atoms with Crippen molar-refractivity contribution in [1.82, 2.24) is 0 Å². The van der Waals surface area contributed by atoms with Crippen LogP contribution < -0.4 is 24.8 Å². The van der Waals surface area contributed by atoms with Gasteiger partial charge in [-0.25, -0.2) is 11.6 Å². The van der Waals surface area contributed by atoms with Crippen LogP contribution in [0, 0.1) is 6.08 Å². The molecule has 0 aromatic heterocycles. The van der Waals surface area contributed by atoms with Crippen molar-refractivity contribution in [1.29, 1.82) is 0 Å². The van der Waals surface area contributed by atoms with E-state index in [9.17, 15) is 0 Å². The van der Waals surface area contributed by atoms with Crippen molar-refractivity contribution in [2.24, 2.45) is 0 Å². The number of allylic oxidation sites excluding steroid dienone is 4. The van der Waals surface area contributed by atoms with Crippen LogP contribution in [0.5, 0.6) is 0 Å². The molecular formula is C26H32Cl2Zr-2. The van der Waals surface area contributed by atoms with Crippen molar-refractivity contribution in [3.8, 4) is 0 Å². The predicted molar refractivity (Wildman–Crippen MR) is 115 cm³/mol. The minimum absolute atomic E-state index is 0. The first kappa shape index (κ1) is 28.4. The van der Waals surface area contributed by atoms with Crippen molar-refractivity contribution in [3.63, 3.8) is 0 Å². The zero-order chi connectivity index (χ0) is 19.5. The van der Waals surface area contributed by atoms with E-state index < -0.39 is 0 Å². The van der Waals surface area contributed by atoms with Crippen molar-refractivity contribution >= 4 is 3.21 Å². The first-order valence-corrected chi connectivity index (χ1v) is 11.5. The van der Waals surface area contributed by atoms with Gasteiger partial charge in [0.05, 0.1) is 0 Å². The van der Waals surface area contributed by atoms with E-state index >= 15 is 0 Å². The van der Waals surface area contributed by atoms with Gasteiger partial charge < -0.3 is 24.8 Å². The van der Waals surface area contributed by atoms with E-state index in [2.05, 4.69) is 75.4 Å². The molecule has 156 valence electrons. The van der Waals surface area contributed by atoms with Crippen LogP contribution >= 0.6 is 0 Å². The molecule has 2 aromatic carbocycles. The quantitative estimate of drug-likeness (QED) is 0.544. The third-order valence-electron chi connectivity index (χ3n) is 5.14. The summed E-state index contributed by atoms with van der Waals surface area (Å²) in [4.78, 5) is 0. The number of hydrogen-bond acceptors (Lipinski definition) is 0. The molecule has 0 amide bonds. The zero-order valence-electron chi connectivity index (χ0n) is 17.9. The first-order chi connectivity index (χ1) is 13.2. The summed E-state index contributed by atoms with van der Waals surface area (Å²) in [7, 11) is 0. The Morgan fingerprint density at radius 1 is 1.00 bits per heavy atom. The largest absolute Gasteiger partial charge is 1.00 e. The summed E-state index contributed by atoms with van der Waals surface area (Å²) in [5, 5.41) is 0. The van der Waals surface area contributed by atoms with E-state index in [4.69, 9.17) is 0 Å². The van der Waals surface area contributed by atoms with Gasteiger partial charge in [0.1, 0.15) is 0 Å². The molecule has 0 fully saturated rings. The maximum atomic E-state index is 3.33. The number of halogens is 2. The van der Waals surface area contributed by atoms with Crippen LogP contribution in [0.1, 0.15) is 69.6 Å². The maximum Gasteiger partial charge on any atom is -0.0512 e. The number of fused-ring (bicyclic) bond motifs is 1. The molecule has 0 atom stereocenters. The average Bonchev–Trinajstić information content (AvgIpc) is 3.38. The van der Waals surface area contributed by atoms with Gasteiger partial charge in [-0.15, -0.1) is 6.42 Å². The van der Waals surface area contributed by atoms with Crippen molar-refractivity contribution in [2.45, 2.75) is 65.7 Å². The monoisotopic (exact) mass is 504 g/mol. The second-order valence-electron chi connectivity index (χ2n) is 7.07. The van der Waals surface area contributed by atoms with Gasteiger partial charge in [-0.1, -0.05) is 52.4 Å². The van der Waals surface area contributed by atoms with Crippen molar-refractivity contribution in [3.05, 3.63) is 88.5 Å². The molecule has 0 nitrogen and oxygen atoms in total. The van der Waals surface area contributed by atoms with Gasteiger partial charge in [-0.3, -0.25) is 6.08 Å². The Kier molecular flexibility index (Phi) is 15.8. The molecule has 0 heterocycles. The Labute approximate surface area is 205 Å². The molecule has 0 unspecified atom stereocenters. The molecule has 0 radical (unpaired) electrons. The number of hydrogen-bond donors (Lipinski definition) is 0. The van der Waals surface area contributed by atoms with Crippen LogP contribution in [0.2, 0.25) is 0 Å². The third-order valence-corrected chi connectivity index (χ3v) is 5.85. The fourth-order valence-corrected chi connectivity index (χ4v) is 3.95. The maximum absolute atomic E-state index is 3.33. The zero-order valence-corrected chi connectivity index (χ0v) is 21.9. The van der Waals surface area contributed by atoms with Gasteiger partial charge in [0.15, 0.2) is 0 Å².